The number of aryl methyl sites for hydroxylation is 1. The first-order valence-electron chi connectivity index (χ1n) is 10.1. The van der Waals surface area contributed by atoms with Gasteiger partial charge in [0.15, 0.2) is 0 Å². The topological polar surface area (TPSA) is 48.7 Å². The lowest BCUT2D eigenvalue weighted by molar-refractivity contribution is 0.0758. The summed E-state index contributed by atoms with van der Waals surface area (Å²) in [5.41, 5.74) is 3.77. The first-order chi connectivity index (χ1) is 14.1. The van der Waals surface area contributed by atoms with Crippen molar-refractivity contribution in [3.05, 3.63) is 83.7 Å². The van der Waals surface area contributed by atoms with Gasteiger partial charge in [0.25, 0.3) is 5.91 Å². The van der Waals surface area contributed by atoms with Crippen molar-refractivity contribution >= 4 is 5.91 Å². The quantitative estimate of drug-likeness (QED) is 0.738. The lowest BCUT2D eigenvalue weighted by Gasteiger charge is -2.22. The molecule has 1 aliphatic rings. The van der Waals surface area contributed by atoms with Crippen LogP contribution in [0.3, 0.4) is 0 Å². The Balaban J connectivity index is 1.41. The van der Waals surface area contributed by atoms with Gasteiger partial charge in [-0.05, 0) is 43.2 Å². The summed E-state index contributed by atoms with van der Waals surface area (Å²) < 4.78 is 1.91. The van der Waals surface area contributed by atoms with E-state index in [1.165, 1.54) is 11.1 Å². The van der Waals surface area contributed by atoms with Gasteiger partial charge >= 0.3 is 0 Å². The van der Waals surface area contributed by atoms with Gasteiger partial charge in [0, 0.05) is 56.9 Å². The van der Waals surface area contributed by atoms with Gasteiger partial charge in [-0.1, -0.05) is 29.8 Å². The second-order valence-electron chi connectivity index (χ2n) is 7.70. The standard InChI is InChI=1S/C24H27N3O2/c1-19-5-7-20(8-6-19)18-25-11-4-14-27(16-15-25)24(29)22-10-9-21(17-23(22)28)26-12-2-3-13-26/h2-3,5-10,12-13,17,28H,4,11,14-16,18H2,1H3. The molecule has 2 heterocycles. The molecule has 0 atom stereocenters. The fourth-order valence-corrected chi connectivity index (χ4v) is 3.82. The highest BCUT2D eigenvalue weighted by molar-refractivity contribution is 5.97. The lowest BCUT2D eigenvalue weighted by Crippen LogP contribution is -2.35. The first kappa shape index (κ1) is 19.3. The predicted octanol–water partition coefficient (Wildman–Crippen LogP) is 3.84. The Morgan fingerprint density at radius 2 is 1.72 bits per heavy atom. The minimum absolute atomic E-state index is 0.0296. The minimum atomic E-state index is -0.0984. The predicted molar refractivity (Wildman–Crippen MR) is 114 cm³/mol. The number of carbonyl (C=O) groups excluding carboxylic acids is 1. The van der Waals surface area contributed by atoms with Crippen LogP contribution in [0.25, 0.3) is 5.69 Å². The van der Waals surface area contributed by atoms with E-state index in [2.05, 4.69) is 36.1 Å². The van der Waals surface area contributed by atoms with Crippen LogP contribution in [0.4, 0.5) is 0 Å². The van der Waals surface area contributed by atoms with Crippen LogP contribution in [0.5, 0.6) is 5.75 Å². The number of aromatic hydroxyl groups is 1. The molecular weight excluding hydrogens is 362 g/mol. The fourth-order valence-electron chi connectivity index (χ4n) is 3.82. The van der Waals surface area contributed by atoms with E-state index in [1.54, 1.807) is 12.1 Å². The number of hydrogen-bond acceptors (Lipinski definition) is 3. The SMILES string of the molecule is Cc1ccc(CN2CCCN(C(=O)c3ccc(-n4cccc4)cc3O)CC2)cc1. The van der Waals surface area contributed by atoms with E-state index in [0.29, 0.717) is 18.7 Å². The third kappa shape index (κ3) is 4.51. The van der Waals surface area contributed by atoms with Gasteiger partial charge in [-0.15, -0.1) is 0 Å². The summed E-state index contributed by atoms with van der Waals surface area (Å²) in [5.74, 6) is -0.0688. The Hall–Kier alpha value is -3.05. The molecule has 0 unspecified atom stereocenters. The molecule has 1 amide bonds. The molecule has 1 aliphatic heterocycles. The second kappa shape index (κ2) is 8.53. The van der Waals surface area contributed by atoms with Crippen LogP contribution in [0.2, 0.25) is 0 Å². The highest BCUT2D eigenvalue weighted by Crippen LogP contribution is 2.23. The molecule has 0 bridgehead atoms. The Morgan fingerprint density at radius 1 is 0.966 bits per heavy atom. The lowest BCUT2D eigenvalue weighted by atomic mass is 10.1. The van der Waals surface area contributed by atoms with Gasteiger partial charge in [0.1, 0.15) is 5.75 Å². The van der Waals surface area contributed by atoms with Gasteiger partial charge in [-0.25, -0.2) is 0 Å². The maximum atomic E-state index is 13.0. The van der Waals surface area contributed by atoms with Gasteiger partial charge in [0.2, 0.25) is 0 Å². The summed E-state index contributed by atoms with van der Waals surface area (Å²) in [7, 11) is 0. The number of nitrogens with zero attached hydrogens (tertiary/aromatic N) is 3. The molecule has 5 heteroatoms. The average molecular weight is 389 g/mol. The smallest absolute Gasteiger partial charge is 0.257 e. The monoisotopic (exact) mass is 389 g/mol. The molecule has 4 rings (SSSR count). The van der Waals surface area contributed by atoms with Crippen LogP contribution >= 0.6 is 0 Å². The Bertz CT molecular complexity index is 964. The van der Waals surface area contributed by atoms with Gasteiger partial charge in [0.05, 0.1) is 5.56 Å². The summed E-state index contributed by atoms with van der Waals surface area (Å²) >= 11 is 0. The zero-order valence-corrected chi connectivity index (χ0v) is 16.8. The number of aromatic nitrogens is 1. The maximum absolute atomic E-state index is 13.0. The second-order valence-corrected chi connectivity index (χ2v) is 7.70. The summed E-state index contributed by atoms with van der Waals surface area (Å²) in [6, 6.07) is 17.7. The van der Waals surface area contributed by atoms with Crippen molar-refractivity contribution in [1.29, 1.82) is 0 Å². The van der Waals surface area contributed by atoms with E-state index in [0.717, 1.165) is 31.7 Å². The third-order valence-electron chi connectivity index (χ3n) is 5.52. The minimum Gasteiger partial charge on any atom is -0.507 e. The van der Waals surface area contributed by atoms with Crippen molar-refractivity contribution in [2.45, 2.75) is 19.9 Å². The van der Waals surface area contributed by atoms with E-state index in [-0.39, 0.29) is 11.7 Å². The van der Waals surface area contributed by atoms with Crippen molar-refractivity contribution in [2.75, 3.05) is 26.2 Å². The van der Waals surface area contributed by atoms with Crippen LogP contribution in [0.1, 0.15) is 27.9 Å². The van der Waals surface area contributed by atoms with Crippen molar-refractivity contribution in [2.24, 2.45) is 0 Å². The summed E-state index contributed by atoms with van der Waals surface area (Å²) in [5, 5.41) is 10.5. The number of rotatable bonds is 4. The van der Waals surface area contributed by atoms with Gasteiger partial charge < -0.3 is 14.6 Å². The summed E-state index contributed by atoms with van der Waals surface area (Å²) in [6.45, 7) is 6.18. The van der Waals surface area contributed by atoms with Gasteiger partial charge in [-0.3, -0.25) is 9.69 Å². The highest BCUT2D eigenvalue weighted by atomic mass is 16.3. The number of phenolic OH excluding ortho intramolecular Hbond substituents is 1. The van der Waals surface area contributed by atoms with Crippen molar-refractivity contribution in [3.63, 3.8) is 0 Å². The highest BCUT2D eigenvalue weighted by Gasteiger charge is 2.22. The Labute approximate surface area is 171 Å². The Morgan fingerprint density at radius 3 is 2.45 bits per heavy atom. The van der Waals surface area contributed by atoms with E-state index in [4.69, 9.17) is 0 Å². The average Bonchev–Trinajstić information content (AvgIpc) is 3.16. The fraction of sp³-hybridized carbons (Fsp3) is 0.292. The molecular formula is C24H27N3O2. The molecule has 1 N–H and O–H groups in total. The molecule has 0 aliphatic carbocycles. The molecule has 2 aromatic carbocycles. The van der Waals surface area contributed by atoms with Crippen LogP contribution in [0.15, 0.2) is 67.0 Å². The third-order valence-corrected chi connectivity index (χ3v) is 5.52. The maximum Gasteiger partial charge on any atom is 0.257 e. The molecule has 150 valence electrons. The summed E-state index contributed by atoms with van der Waals surface area (Å²) in [4.78, 5) is 17.3. The molecule has 0 spiro atoms. The van der Waals surface area contributed by atoms with Crippen molar-refractivity contribution in [3.8, 4) is 11.4 Å². The van der Waals surface area contributed by atoms with Gasteiger partial charge in [-0.2, -0.15) is 0 Å². The largest absolute Gasteiger partial charge is 0.507 e. The van der Waals surface area contributed by atoms with E-state index >= 15 is 0 Å². The van der Waals surface area contributed by atoms with Crippen LogP contribution in [-0.2, 0) is 6.54 Å². The van der Waals surface area contributed by atoms with E-state index < -0.39 is 0 Å². The molecule has 1 aromatic heterocycles. The normalized spacial score (nSPS) is 15.3. The Kier molecular flexibility index (Phi) is 5.67. The van der Waals surface area contributed by atoms with Crippen molar-refractivity contribution < 1.29 is 9.90 Å². The number of carbonyl (C=O) groups is 1. The zero-order chi connectivity index (χ0) is 20.2. The molecule has 1 fully saturated rings. The van der Waals surface area contributed by atoms with Crippen LogP contribution < -0.4 is 0 Å². The number of amides is 1. The molecule has 5 nitrogen and oxygen atoms in total. The van der Waals surface area contributed by atoms with E-state index in [9.17, 15) is 9.90 Å². The molecule has 29 heavy (non-hydrogen) atoms. The van der Waals surface area contributed by atoms with E-state index in [1.807, 2.05) is 40.1 Å². The van der Waals surface area contributed by atoms with Crippen molar-refractivity contribution in [1.82, 2.24) is 14.4 Å². The molecule has 0 saturated carbocycles. The molecule has 1 saturated heterocycles. The van der Waals surface area contributed by atoms with Crippen LogP contribution in [0, 0.1) is 6.92 Å². The first-order valence-corrected chi connectivity index (χ1v) is 10.1. The summed E-state index contributed by atoms with van der Waals surface area (Å²) in [6.07, 6.45) is 4.75. The number of phenols is 1. The molecule has 3 aromatic rings. The number of hydrogen-bond donors (Lipinski definition) is 1. The van der Waals surface area contributed by atoms with Crippen LogP contribution in [-0.4, -0.2) is 51.6 Å². The zero-order valence-electron chi connectivity index (χ0n) is 16.8. The molecule has 0 radical (unpaired) electrons. The number of benzene rings is 2.